The van der Waals surface area contributed by atoms with Crippen LogP contribution in [-0.4, -0.2) is 66.2 Å². The third kappa shape index (κ3) is 4.01. The molecule has 0 spiro atoms. The fraction of sp³-hybridized carbons (Fsp3) is 0.318. The minimum Gasteiger partial charge on any atom is -0.337 e. The smallest absolute Gasteiger partial charge is 0.254 e. The number of benzene rings is 1. The highest BCUT2D eigenvalue weighted by Gasteiger charge is 2.30. The summed E-state index contributed by atoms with van der Waals surface area (Å²) >= 11 is 1.67. The molecule has 1 aromatic carbocycles. The van der Waals surface area contributed by atoms with E-state index in [1.165, 1.54) is 15.2 Å². The summed E-state index contributed by atoms with van der Waals surface area (Å²) in [5, 5.41) is 2.00. The van der Waals surface area contributed by atoms with Crippen LogP contribution in [0.1, 0.15) is 20.8 Å². The highest BCUT2D eigenvalue weighted by molar-refractivity contribution is 7.89. The molecule has 0 bridgehead atoms. The Bertz CT molecular complexity index is 1220. The van der Waals surface area contributed by atoms with Crippen molar-refractivity contribution in [3.63, 3.8) is 0 Å². The topological polar surface area (TPSA) is 86.7 Å². The minimum absolute atomic E-state index is 0.158. The van der Waals surface area contributed by atoms with Gasteiger partial charge in [0.2, 0.25) is 16.0 Å². The normalized spacial score (nSPS) is 17.2. The Labute approximate surface area is 191 Å². The Balaban J connectivity index is 1.29. The molecule has 1 saturated heterocycles. The first-order chi connectivity index (χ1) is 15.5. The number of nitrogens with zero attached hydrogens (tertiary/aromatic N) is 5. The summed E-state index contributed by atoms with van der Waals surface area (Å²) in [6.45, 7) is 3.15. The average Bonchev–Trinajstić information content (AvgIpc) is 3.32. The third-order valence-electron chi connectivity index (χ3n) is 5.89. The summed E-state index contributed by atoms with van der Waals surface area (Å²) in [5.41, 5.74) is 1.46. The van der Waals surface area contributed by atoms with Crippen molar-refractivity contribution in [3.8, 4) is 0 Å². The fourth-order valence-electron chi connectivity index (χ4n) is 4.11. The lowest BCUT2D eigenvalue weighted by molar-refractivity contribution is 0.0746. The summed E-state index contributed by atoms with van der Waals surface area (Å²) in [6, 6.07) is 10.2. The molecule has 0 radical (unpaired) electrons. The lowest BCUT2D eigenvalue weighted by Crippen LogP contribution is -2.49. The van der Waals surface area contributed by atoms with Gasteiger partial charge in [-0.2, -0.15) is 4.31 Å². The van der Waals surface area contributed by atoms with Crippen molar-refractivity contribution in [1.29, 1.82) is 0 Å². The van der Waals surface area contributed by atoms with Crippen molar-refractivity contribution < 1.29 is 13.2 Å². The molecule has 10 heteroatoms. The van der Waals surface area contributed by atoms with E-state index in [1.807, 2.05) is 16.3 Å². The van der Waals surface area contributed by atoms with Gasteiger partial charge in [0, 0.05) is 62.1 Å². The zero-order valence-corrected chi connectivity index (χ0v) is 19.1. The molecule has 3 aromatic rings. The largest absolute Gasteiger partial charge is 0.337 e. The van der Waals surface area contributed by atoms with Gasteiger partial charge in [0.05, 0.1) is 4.90 Å². The number of thiophene rings is 1. The van der Waals surface area contributed by atoms with E-state index in [9.17, 15) is 13.2 Å². The molecule has 0 N–H and O–H groups in total. The average molecular weight is 470 g/mol. The van der Waals surface area contributed by atoms with E-state index in [0.29, 0.717) is 50.8 Å². The van der Waals surface area contributed by atoms with Crippen molar-refractivity contribution in [2.24, 2.45) is 0 Å². The van der Waals surface area contributed by atoms with Gasteiger partial charge in [-0.15, -0.1) is 11.3 Å². The Hall–Kier alpha value is -2.82. The predicted octanol–water partition coefficient (Wildman–Crippen LogP) is 2.25. The standard InChI is InChI=1S/C22H23N5O3S2/c28-21(25-10-12-26(13-11-25)22-23-7-2-8-24-22)17-3-1-4-19(15-17)32(29,30)27-9-5-20-18(16-27)6-14-31-20/h1-4,6-8,14-15H,5,9-13,16H2. The Kier molecular flexibility index (Phi) is 5.66. The number of fused-ring (bicyclic) bond motifs is 1. The van der Waals surface area contributed by atoms with E-state index < -0.39 is 10.0 Å². The molecule has 8 nitrogen and oxygen atoms in total. The zero-order chi connectivity index (χ0) is 22.1. The zero-order valence-electron chi connectivity index (χ0n) is 17.4. The maximum absolute atomic E-state index is 13.3. The van der Waals surface area contributed by atoms with Gasteiger partial charge in [-0.05, 0) is 47.7 Å². The first-order valence-electron chi connectivity index (χ1n) is 10.5. The SMILES string of the molecule is O=C(c1cccc(S(=O)(=O)N2CCc3sccc3C2)c1)N1CCN(c2ncccn2)CC1. The Morgan fingerprint density at radius 2 is 1.75 bits per heavy atom. The van der Waals surface area contributed by atoms with E-state index in [2.05, 4.69) is 9.97 Å². The van der Waals surface area contributed by atoms with Gasteiger partial charge < -0.3 is 9.80 Å². The van der Waals surface area contributed by atoms with Crippen LogP contribution in [0.3, 0.4) is 0 Å². The summed E-state index contributed by atoms with van der Waals surface area (Å²) in [6.07, 6.45) is 4.13. The van der Waals surface area contributed by atoms with E-state index >= 15 is 0 Å². The lowest BCUT2D eigenvalue weighted by Gasteiger charge is -2.34. The number of piperazine rings is 1. The maximum atomic E-state index is 13.3. The molecule has 4 heterocycles. The first kappa shape index (κ1) is 21.0. The number of carbonyl (C=O) groups is 1. The van der Waals surface area contributed by atoms with E-state index in [0.717, 1.165) is 12.0 Å². The summed E-state index contributed by atoms with van der Waals surface area (Å²) in [7, 11) is -3.67. The molecule has 2 aliphatic rings. The van der Waals surface area contributed by atoms with Crippen molar-refractivity contribution in [2.75, 3.05) is 37.6 Å². The van der Waals surface area contributed by atoms with Crippen LogP contribution < -0.4 is 4.90 Å². The second kappa shape index (κ2) is 8.61. The number of carbonyl (C=O) groups excluding carboxylic acids is 1. The van der Waals surface area contributed by atoms with Crippen LogP contribution in [0.25, 0.3) is 0 Å². The van der Waals surface area contributed by atoms with Crippen molar-refractivity contribution in [1.82, 2.24) is 19.2 Å². The van der Waals surface area contributed by atoms with Crippen LogP contribution in [0.5, 0.6) is 0 Å². The molecular formula is C22H23N5O3S2. The summed E-state index contributed by atoms with van der Waals surface area (Å²) in [5.74, 6) is 0.498. The molecule has 0 saturated carbocycles. The minimum atomic E-state index is -3.67. The quantitative estimate of drug-likeness (QED) is 0.583. The van der Waals surface area contributed by atoms with Gasteiger partial charge in [-0.25, -0.2) is 18.4 Å². The highest BCUT2D eigenvalue weighted by atomic mass is 32.2. The molecule has 0 atom stereocenters. The molecule has 2 aromatic heterocycles. The van der Waals surface area contributed by atoms with E-state index in [1.54, 1.807) is 52.9 Å². The number of hydrogen-bond acceptors (Lipinski definition) is 7. The predicted molar refractivity (Wildman–Crippen MR) is 122 cm³/mol. The Morgan fingerprint density at radius 3 is 2.53 bits per heavy atom. The van der Waals surface area contributed by atoms with Crippen LogP contribution in [0.15, 0.2) is 59.1 Å². The number of sulfonamides is 1. The molecule has 0 aliphatic carbocycles. The molecule has 2 aliphatic heterocycles. The number of anilines is 1. The van der Waals surface area contributed by atoms with Crippen molar-refractivity contribution in [3.05, 3.63) is 70.2 Å². The molecule has 32 heavy (non-hydrogen) atoms. The van der Waals surface area contributed by atoms with Gasteiger partial charge in [0.1, 0.15) is 0 Å². The summed E-state index contributed by atoms with van der Waals surface area (Å²) in [4.78, 5) is 26.8. The van der Waals surface area contributed by atoms with Gasteiger partial charge >= 0.3 is 0 Å². The maximum Gasteiger partial charge on any atom is 0.254 e. The highest BCUT2D eigenvalue weighted by Crippen LogP contribution is 2.28. The molecule has 166 valence electrons. The van der Waals surface area contributed by atoms with Crippen LogP contribution in [0, 0.1) is 0 Å². The number of rotatable bonds is 4. The number of hydrogen-bond donors (Lipinski definition) is 0. The Morgan fingerprint density at radius 1 is 0.969 bits per heavy atom. The monoisotopic (exact) mass is 469 g/mol. The van der Waals surface area contributed by atoms with E-state index in [4.69, 9.17) is 0 Å². The van der Waals surface area contributed by atoms with Crippen molar-refractivity contribution in [2.45, 2.75) is 17.9 Å². The van der Waals surface area contributed by atoms with Gasteiger partial charge in [-0.3, -0.25) is 4.79 Å². The second-order valence-electron chi connectivity index (χ2n) is 7.81. The van der Waals surface area contributed by atoms with E-state index in [-0.39, 0.29) is 10.8 Å². The molecule has 1 fully saturated rings. The number of aromatic nitrogens is 2. The van der Waals surface area contributed by atoms with Crippen molar-refractivity contribution >= 4 is 33.2 Å². The molecule has 1 amide bonds. The molecule has 0 unspecified atom stereocenters. The third-order valence-corrected chi connectivity index (χ3v) is 8.76. The lowest BCUT2D eigenvalue weighted by atomic mass is 10.1. The van der Waals surface area contributed by atoms with Crippen LogP contribution in [-0.2, 0) is 23.0 Å². The number of amides is 1. The van der Waals surface area contributed by atoms with Gasteiger partial charge in [0.15, 0.2) is 0 Å². The van der Waals surface area contributed by atoms with Crippen LogP contribution >= 0.6 is 11.3 Å². The van der Waals surface area contributed by atoms with Gasteiger partial charge in [0.25, 0.3) is 5.91 Å². The first-order valence-corrected chi connectivity index (χ1v) is 12.8. The summed E-state index contributed by atoms with van der Waals surface area (Å²) < 4.78 is 28.0. The van der Waals surface area contributed by atoms with Crippen LogP contribution in [0.4, 0.5) is 5.95 Å². The van der Waals surface area contributed by atoms with Gasteiger partial charge in [-0.1, -0.05) is 6.07 Å². The van der Waals surface area contributed by atoms with Crippen LogP contribution in [0.2, 0.25) is 0 Å². The molecular weight excluding hydrogens is 446 g/mol. The fourth-order valence-corrected chi connectivity index (χ4v) is 6.47. The second-order valence-corrected chi connectivity index (χ2v) is 10.8. The molecule has 5 rings (SSSR count).